The highest BCUT2D eigenvalue weighted by Crippen LogP contribution is 2.14. The maximum atomic E-state index is 11.8. The van der Waals surface area contributed by atoms with Crippen LogP contribution in [0.1, 0.15) is 115 Å². The molecule has 0 aliphatic carbocycles. The van der Waals surface area contributed by atoms with E-state index in [1.165, 1.54) is 83.5 Å². The summed E-state index contributed by atoms with van der Waals surface area (Å²) in [5.74, 6) is -0.0614. The average Bonchev–Trinajstić information content (AvgIpc) is 2.72. The molecule has 3 heteroatoms. The fourth-order valence-corrected chi connectivity index (χ4v) is 3.77. The van der Waals surface area contributed by atoms with Crippen molar-refractivity contribution in [2.75, 3.05) is 6.61 Å². The Morgan fingerprint density at radius 2 is 1.17 bits per heavy atom. The molecule has 1 aromatic carbocycles. The van der Waals surface area contributed by atoms with Crippen LogP contribution in [-0.2, 0) is 16.0 Å². The molecule has 0 amide bonds. The van der Waals surface area contributed by atoms with Crippen molar-refractivity contribution in [3.63, 3.8) is 0 Å². The number of carbonyl (C=O) groups is 1. The lowest BCUT2D eigenvalue weighted by atomic mass is 10.0. The van der Waals surface area contributed by atoms with Crippen molar-refractivity contribution < 1.29 is 9.53 Å². The van der Waals surface area contributed by atoms with Crippen LogP contribution in [0.5, 0.6) is 0 Å². The number of hydrogen-bond acceptors (Lipinski definition) is 2. The maximum absolute atomic E-state index is 11.8. The van der Waals surface area contributed by atoms with Gasteiger partial charge in [0.05, 0.1) is 6.61 Å². The first kappa shape index (κ1) is 26.0. The smallest absolute Gasteiger partial charge is 0.305 e. The van der Waals surface area contributed by atoms with Gasteiger partial charge in [-0.25, -0.2) is 0 Å². The largest absolute Gasteiger partial charge is 0.465 e. The summed E-state index contributed by atoms with van der Waals surface area (Å²) in [6.07, 6.45) is 21.4. The van der Waals surface area contributed by atoms with Crippen molar-refractivity contribution in [1.82, 2.24) is 0 Å². The van der Waals surface area contributed by atoms with Crippen molar-refractivity contribution in [3.8, 4) is 0 Å². The lowest BCUT2D eigenvalue weighted by Crippen LogP contribution is -2.07. The van der Waals surface area contributed by atoms with Gasteiger partial charge in [-0.05, 0) is 24.1 Å². The topological polar surface area (TPSA) is 26.3 Å². The summed E-state index contributed by atoms with van der Waals surface area (Å²) < 4.78 is 5.32. The fourth-order valence-electron chi connectivity index (χ4n) is 3.65. The van der Waals surface area contributed by atoms with Crippen molar-refractivity contribution in [2.24, 2.45) is 0 Å². The van der Waals surface area contributed by atoms with Crippen molar-refractivity contribution >= 4 is 17.6 Å². The Hall–Kier alpha value is -1.02. The SMILES string of the molecule is CCCCCCCCCCCCCCCCCC(=O)OCCc1ccc(Cl)cc1. The molecule has 0 atom stereocenters. The van der Waals surface area contributed by atoms with E-state index in [1.807, 2.05) is 24.3 Å². The standard InChI is InChI=1S/C26H43ClO2/c1-2-3-4-5-6-7-8-9-10-11-12-13-14-15-16-17-26(28)29-23-22-24-18-20-25(27)21-19-24/h18-21H,2-17,22-23H2,1H3. The van der Waals surface area contributed by atoms with Crippen LogP contribution in [0.3, 0.4) is 0 Å². The lowest BCUT2D eigenvalue weighted by Gasteiger charge is -2.06. The Labute approximate surface area is 184 Å². The molecule has 0 aromatic heterocycles. The summed E-state index contributed by atoms with van der Waals surface area (Å²) in [7, 11) is 0. The first-order valence-corrected chi connectivity index (χ1v) is 12.5. The van der Waals surface area contributed by atoms with Crippen LogP contribution in [-0.4, -0.2) is 12.6 Å². The zero-order valence-corrected chi connectivity index (χ0v) is 19.5. The Morgan fingerprint density at radius 3 is 1.66 bits per heavy atom. The molecule has 0 radical (unpaired) electrons. The first-order valence-electron chi connectivity index (χ1n) is 12.1. The summed E-state index contributed by atoms with van der Waals surface area (Å²) in [6, 6.07) is 7.69. The van der Waals surface area contributed by atoms with Gasteiger partial charge in [0.25, 0.3) is 0 Å². The second kappa shape index (κ2) is 19.0. The number of halogens is 1. The number of unbranched alkanes of at least 4 members (excludes halogenated alkanes) is 14. The molecule has 29 heavy (non-hydrogen) atoms. The van der Waals surface area contributed by atoms with E-state index in [0.717, 1.165) is 29.8 Å². The van der Waals surface area contributed by atoms with Crippen molar-refractivity contribution in [3.05, 3.63) is 34.9 Å². The highest BCUT2D eigenvalue weighted by atomic mass is 35.5. The Balaban J connectivity index is 1.79. The minimum atomic E-state index is -0.0614. The van der Waals surface area contributed by atoms with E-state index >= 15 is 0 Å². The van der Waals surface area contributed by atoms with Gasteiger partial charge in [-0.1, -0.05) is 121 Å². The Bertz CT molecular complexity index is 498. The van der Waals surface area contributed by atoms with Crippen LogP contribution in [0.2, 0.25) is 5.02 Å². The predicted octanol–water partition coefficient (Wildman–Crippen LogP) is 8.69. The van der Waals surface area contributed by atoms with Gasteiger partial charge in [0, 0.05) is 17.9 Å². The quantitative estimate of drug-likeness (QED) is 0.164. The third kappa shape index (κ3) is 16.5. The monoisotopic (exact) mass is 422 g/mol. The second-order valence-electron chi connectivity index (χ2n) is 8.30. The molecule has 0 aliphatic rings. The van der Waals surface area contributed by atoms with Crippen LogP contribution < -0.4 is 0 Å². The van der Waals surface area contributed by atoms with E-state index < -0.39 is 0 Å². The molecule has 0 spiro atoms. The summed E-state index contributed by atoms with van der Waals surface area (Å²) in [6.45, 7) is 2.73. The molecule has 0 bridgehead atoms. The molecule has 166 valence electrons. The molecule has 0 aliphatic heterocycles. The summed E-state index contributed by atoms with van der Waals surface area (Å²) in [4.78, 5) is 11.8. The van der Waals surface area contributed by atoms with Crippen molar-refractivity contribution in [2.45, 2.75) is 116 Å². The van der Waals surface area contributed by atoms with Gasteiger partial charge in [-0.3, -0.25) is 4.79 Å². The van der Waals surface area contributed by atoms with Gasteiger partial charge in [0.1, 0.15) is 0 Å². The maximum Gasteiger partial charge on any atom is 0.305 e. The third-order valence-electron chi connectivity index (χ3n) is 5.55. The number of carbonyl (C=O) groups excluding carboxylic acids is 1. The average molecular weight is 423 g/mol. The minimum Gasteiger partial charge on any atom is -0.465 e. The molecule has 0 saturated carbocycles. The fraction of sp³-hybridized carbons (Fsp3) is 0.731. The van der Waals surface area contributed by atoms with Crippen LogP contribution in [0, 0.1) is 0 Å². The summed E-state index contributed by atoms with van der Waals surface area (Å²) in [5, 5.41) is 0.735. The molecule has 0 unspecified atom stereocenters. The molecule has 1 aromatic rings. The number of rotatable bonds is 19. The van der Waals surface area contributed by atoms with Crippen LogP contribution in [0.25, 0.3) is 0 Å². The van der Waals surface area contributed by atoms with E-state index in [4.69, 9.17) is 16.3 Å². The van der Waals surface area contributed by atoms with E-state index in [1.54, 1.807) is 0 Å². The number of esters is 1. The zero-order chi connectivity index (χ0) is 21.0. The summed E-state index contributed by atoms with van der Waals surface area (Å²) in [5.41, 5.74) is 1.15. The van der Waals surface area contributed by atoms with E-state index in [-0.39, 0.29) is 5.97 Å². The van der Waals surface area contributed by atoms with E-state index in [0.29, 0.717) is 13.0 Å². The summed E-state index contributed by atoms with van der Waals surface area (Å²) >= 11 is 5.87. The van der Waals surface area contributed by atoms with E-state index in [2.05, 4.69) is 6.92 Å². The molecular formula is C26H43ClO2. The highest BCUT2D eigenvalue weighted by molar-refractivity contribution is 6.30. The second-order valence-corrected chi connectivity index (χ2v) is 8.73. The van der Waals surface area contributed by atoms with Crippen LogP contribution in [0.15, 0.2) is 24.3 Å². The van der Waals surface area contributed by atoms with Gasteiger partial charge >= 0.3 is 5.97 Å². The van der Waals surface area contributed by atoms with Gasteiger partial charge in [0.15, 0.2) is 0 Å². The minimum absolute atomic E-state index is 0.0614. The van der Waals surface area contributed by atoms with Gasteiger partial charge in [0.2, 0.25) is 0 Å². The third-order valence-corrected chi connectivity index (χ3v) is 5.80. The highest BCUT2D eigenvalue weighted by Gasteiger charge is 2.03. The molecule has 1 rings (SSSR count). The van der Waals surface area contributed by atoms with Gasteiger partial charge < -0.3 is 4.74 Å². The molecule has 0 heterocycles. The molecule has 0 saturated heterocycles. The normalized spacial score (nSPS) is 11.0. The Kier molecular flexibility index (Phi) is 17.0. The Morgan fingerprint density at radius 1 is 0.724 bits per heavy atom. The van der Waals surface area contributed by atoms with E-state index in [9.17, 15) is 4.79 Å². The van der Waals surface area contributed by atoms with Gasteiger partial charge in [-0.2, -0.15) is 0 Å². The van der Waals surface area contributed by atoms with Crippen LogP contribution >= 0.6 is 11.6 Å². The number of benzene rings is 1. The van der Waals surface area contributed by atoms with Gasteiger partial charge in [-0.15, -0.1) is 0 Å². The lowest BCUT2D eigenvalue weighted by molar-refractivity contribution is -0.143. The predicted molar refractivity (Wildman–Crippen MR) is 126 cm³/mol. The molecule has 0 fully saturated rings. The molecule has 2 nitrogen and oxygen atoms in total. The van der Waals surface area contributed by atoms with Crippen molar-refractivity contribution in [1.29, 1.82) is 0 Å². The molecule has 0 N–H and O–H groups in total. The molecular weight excluding hydrogens is 380 g/mol. The zero-order valence-electron chi connectivity index (χ0n) is 18.7. The number of hydrogen-bond donors (Lipinski definition) is 0. The first-order chi connectivity index (χ1) is 14.2. The number of ether oxygens (including phenoxy) is 1. The van der Waals surface area contributed by atoms with Crippen LogP contribution in [0.4, 0.5) is 0 Å².